The first-order chi connectivity index (χ1) is 10.0. The Bertz CT molecular complexity index is 465. The highest BCUT2D eigenvalue weighted by Gasteiger charge is 2.27. The molecule has 0 bridgehead atoms. The summed E-state index contributed by atoms with van der Waals surface area (Å²) < 4.78 is 0. The predicted octanol–water partition coefficient (Wildman–Crippen LogP) is 3.41. The number of aryl methyl sites for hydroxylation is 1. The van der Waals surface area contributed by atoms with E-state index >= 15 is 0 Å². The number of carbonyl (C=O) groups is 1. The Balaban J connectivity index is 1.99. The number of likely N-dealkylation sites (tertiary alicyclic amines) is 1. The highest BCUT2D eigenvalue weighted by Crippen LogP contribution is 2.22. The van der Waals surface area contributed by atoms with Crippen LogP contribution in [0.1, 0.15) is 61.9 Å². The summed E-state index contributed by atoms with van der Waals surface area (Å²) in [6.45, 7) is 5.44. The minimum atomic E-state index is -0.626. The van der Waals surface area contributed by atoms with Crippen LogP contribution in [-0.4, -0.2) is 34.6 Å². The van der Waals surface area contributed by atoms with Gasteiger partial charge < -0.3 is 10.0 Å². The summed E-state index contributed by atoms with van der Waals surface area (Å²) in [5.74, 6) is 0.0924. The maximum atomic E-state index is 12.5. The monoisotopic (exact) mass is 289 g/mol. The van der Waals surface area contributed by atoms with Crippen LogP contribution in [0.2, 0.25) is 0 Å². The maximum absolute atomic E-state index is 12.5. The zero-order valence-corrected chi connectivity index (χ0v) is 13.3. The lowest BCUT2D eigenvalue weighted by Crippen LogP contribution is -2.33. The molecule has 2 rings (SSSR count). The standard InChI is InChI=1S/C18H27NO2/c1-3-4-6-15-7-9-16(10-8-15)17(20)19-13-5-11-18(2,21)12-14-19/h7-10,21H,3-6,11-14H2,1-2H3. The summed E-state index contributed by atoms with van der Waals surface area (Å²) in [6, 6.07) is 8.01. The van der Waals surface area contributed by atoms with Crippen molar-refractivity contribution in [2.24, 2.45) is 0 Å². The topological polar surface area (TPSA) is 40.5 Å². The number of rotatable bonds is 4. The van der Waals surface area contributed by atoms with Crippen LogP contribution in [0.15, 0.2) is 24.3 Å². The Morgan fingerprint density at radius 1 is 1.24 bits per heavy atom. The van der Waals surface area contributed by atoms with Gasteiger partial charge in [-0.15, -0.1) is 0 Å². The van der Waals surface area contributed by atoms with Gasteiger partial charge in [0.25, 0.3) is 5.91 Å². The van der Waals surface area contributed by atoms with Crippen molar-refractivity contribution >= 4 is 5.91 Å². The van der Waals surface area contributed by atoms with Gasteiger partial charge in [-0.05, 0) is 56.7 Å². The van der Waals surface area contributed by atoms with Crippen molar-refractivity contribution in [1.82, 2.24) is 4.90 Å². The minimum absolute atomic E-state index is 0.0924. The second-order valence-electron chi connectivity index (χ2n) is 6.44. The quantitative estimate of drug-likeness (QED) is 0.923. The zero-order valence-electron chi connectivity index (χ0n) is 13.3. The molecular formula is C18H27NO2. The minimum Gasteiger partial charge on any atom is -0.390 e. The van der Waals surface area contributed by atoms with E-state index in [4.69, 9.17) is 0 Å². The molecule has 3 nitrogen and oxygen atoms in total. The van der Waals surface area contributed by atoms with Crippen molar-refractivity contribution in [3.05, 3.63) is 35.4 Å². The van der Waals surface area contributed by atoms with E-state index in [1.807, 2.05) is 24.0 Å². The van der Waals surface area contributed by atoms with Crippen LogP contribution in [-0.2, 0) is 6.42 Å². The first kappa shape index (κ1) is 16.0. The molecule has 1 unspecified atom stereocenters. The van der Waals surface area contributed by atoms with Gasteiger partial charge in [0.2, 0.25) is 0 Å². The lowest BCUT2D eigenvalue weighted by Gasteiger charge is -2.22. The first-order valence-electron chi connectivity index (χ1n) is 8.12. The number of hydrogen-bond acceptors (Lipinski definition) is 2. The van der Waals surface area contributed by atoms with Crippen molar-refractivity contribution < 1.29 is 9.90 Å². The number of nitrogens with zero attached hydrogens (tertiary/aromatic N) is 1. The fraction of sp³-hybridized carbons (Fsp3) is 0.611. The molecule has 0 saturated carbocycles. The molecule has 0 radical (unpaired) electrons. The van der Waals surface area contributed by atoms with Gasteiger partial charge in [0.15, 0.2) is 0 Å². The third-order valence-electron chi connectivity index (χ3n) is 4.37. The molecule has 1 amide bonds. The Morgan fingerprint density at radius 3 is 2.62 bits per heavy atom. The van der Waals surface area contributed by atoms with Gasteiger partial charge >= 0.3 is 0 Å². The van der Waals surface area contributed by atoms with Gasteiger partial charge in [-0.25, -0.2) is 0 Å². The van der Waals surface area contributed by atoms with Crippen molar-refractivity contribution in [3.63, 3.8) is 0 Å². The zero-order chi connectivity index (χ0) is 15.3. The molecule has 1 aliphatic heterocycles. The second kappa shape index (κ2) is 7.08. The normalized spacial score (nSPS) is 22.9. The molecule has 21 heavy (non-hydrogen) atoms. The van der Waals surface area contributed by atoms with Crippen LogP contribution in [0, 0.1) is 0 Å². The molecule has 0 spiro atoms. The molecule has 1 aromatic carbocycles. The molecule has 1 atom stereocenters. The Morgan fingerprint density at radius 2 is 1.95 bits per heavy atom. The van der Waals surface area contributed by atoms with Crippen molar-refractivity contribution in [2.45, 2.75) is 58.0 Å². The fourth-order valence-corrected chi connectivity index (χ4v) is 2.84. The summed E-state index contributed by atoms with van der Waals surface area (Å²) in [5.41, 5.74) is 1.43. The van der Waals surface area contributed by atoms with Gasteiger partial charge in [0.05, 0.1) is 5.60 Å². The third kappa shape index (κ3) is 4.57. The maximum Gasteiger partial charge on any atom is 0.253 e. The van der Waals surface area contributed by atoms with Crippen LogP contribution in [0.4, 0.5) is 0 Å². The number of unbranched alkanes of at least 4 members (excludes halogenated alkanes) is 1. The van der Waals surface area contributed by atoms with Gasteiger partial charge in [-0.2, -0.15) is 0 Å². The van der Waals surface area contributed by atoms with E-state index in [0.717, 1.165) is 31.4 Å². The molecule has 1 aromatic rings. The Hall–Kier alpha value is -1.35. The van der Waals surface area contributed by atoms with E-state index in [1.54, 1.807) is 0 Å². The number of benzene rings is 1. The van der Waals surface area contributed by atoms with E-state index in [2.05, 4.69) is 19.1 Å². The summed E-state index contributed by atoms with van der Waals surface area (Å²) in [5, 5.41) is 10.1. The van der Waals surface area contributed by atoms with Gasteiger partial charge in [-0.3, -0.25) is 4.79 Å². The van der Waals surface area contributed by atoms with Crippen LogP contribution in [0.25, 0.3) is 0 Å². The number of amides is 1. The molecule has 1 N–H and O–H groups in total. The van der Waals surface area contributed by atoms with Gasteiger partial charge in [0.1, 0.15) is 0 Å². The summed E-state index contributed by atoms with van der Waals surface area (Å²) in [4.78, 5) is 14.4. The average Bonchev–Trinajstić information content (AvgIpc) is 2.66. The average molecular weight is 289 g/mol. The van der Waals surface area contributed by atoms with E-state index in [1.165, 1.54) is 18.4 Å². The Kier molecular flexibility index (Phi) is 5.40. The SMILES string of the molecule is CCCCc1ccc(C(=O)N2CCCC(C)(O)CC2)cc1. The van der Waals surface area contributed by atoms with Crippen LogP contribution < -0.4 is 0 Å². The molecular weight excluding hydrogens is 262 g/mol. The summed E-state index contributed by atoms with van der Waals surface area (Å²) in [6.07, 6.45) is 5.76. The van der Waals surface area contributed by atoms with E-state index < -0.39 is 5.60 Å². The fourth-order valence-electron chi connectivity index (χ4n) is 2.84. The number of carbonyl (C=O) groups excluding carboxylic acids is 1. The highest BCUT2D eigenvalue weighted by molar-refractivity contribution is 5.94. The van der Waals surface area contributed by atoms with E-state index in [9.17, 15) is 9.90 Å². The van der Waals surface area contributed by atoms with Crippen LogP contribution >= 0.6 is 0 Å². The highest BCUT2D eigenvalue weighted by atomic mass is 16.3. The lowest BCUT2D eigenvalue weighted by molar-refractivity contribution is 0.0438. The van der Waals surface area contributed by atoms with Crippen LogP contribution in [0.5, 0.6) is 0 Å². The van der Waals surface area contributed by atoms with E-state index in [-0.39, 0.29) is 5.91 Å². The smallest absolute Gasteiger partial charge is 0.253 e. The van der Waals surface area contributed by atoms with Gasteiger partial charge in [0, 0.05) is 18.7 Å². The largest absolute Gasteiger partial charge is 0.390 e. The molecule has 1 heterocycles. The van der Waals surface area contributed by atoms with Gasteiger partial charge in [-0.1, -0.05) is 25.5 Å². The van der Waals surface area contributed by atoms with Crippen molar-refractivity contribution in [2.75, 3.05) is 13.1 Å². The molecule has 1 aliphatic rings. The lowest BCUT2D eigenvalue weighted by atomic mass is 9.98. The third-order valence-corrected chi connectivity index (χ3v) is 4.37. The van der Waals surface area contributed by atoms with E-state index in [0.29, 0.717) is 13.0 Å². The second-order valence-corrected chi connectivity index (χ2v) is 6.44. The summed E-state index contributed by atoms with van der Waals surface area (Å²) >= 11 is 0. The molecule has 0 aromatic heterocycles. The Labute approximate surface area is 128 Å². The van der Waals surface area contributed by atoms with Crippen LogP contribution in [0.3, 0.4) is 0 Å². The first-order valence-corrected chi connectivity index (χ1v) is 8.12. The molecule has 0 aliphatic carbocycles. The molecule has 1 saturated heterocycles. The summed E-state index contributed by atoms with van der Waals surface area (Å²) in [7, 11) is 0. The van der Waals surface area contributed by atoms with Crippen molar-refractivity contribution in [1.29, 1.82) is 0 Å². The predicted molar refractivity (Wildman–Crippen MR) is 85.4 cm³/mol. The number of aliphatic hydroxyl groups is 1. The van der Waals surface area contributed by atoms with Crippen molar-refractivity contribution in [3.8, 4) is 0 Å². The molecule has 1 fully saturated rings. The molecule has 116 valence electrons. The number of hydrogen-bond donors (Lipinski definition) is 1. The molecule has 3 heteroatoms.